The average Bonchev–Trinajstić information content (AvgIpc) is 2.46. The summed E-state index contributed by atoms with van der Waals surface area (Å²) in [6.45, 7) is 0. The van der Waals surface area contributed by atoms with E-state index in [4.69, 9.17) is 0 Å². The third-order valence-electron chi connectivity index (χ3n) is 3.71. The number of carboxylic acid groups (broad SMARTS) is 1. The summed E-state index contributed by atoms with van der Waals surface area (Å²) in [4.78, 5) is 23.4. The number of rotatable bonds is 4. The Morgan fingerprint density at radius 1 is 1.11 bits per heavy atom. The third-order valence-corrected chi connectivity index (χ3v) is 3.71. The van der Waals surface area contributed by atoms with E-state index in [9.17, 15) is 14.7 Å². The molecule has 2 N–H and O–H groups in total. The number of carboxylic acids is 1. The molecule has 0 aliphatic heterocycles. The van der Waals surface area contributed by atoms with E-state index in [1.807, 2.05) is 6.07 Å². The predicted molar refractivity (Wildman–Crippen MR) is 71.9 cm³/mol. The Morgan fingerprint density at radius 2 is 1.74 bits per heavy atom. The monoisotopic (exact) mass is 261 g/mol. The Bertz CT molecular complexity index is 438. The summed E-state index contributed by atoms with van der Waals surface area (Å²) in [6, 6.07) is 7.97. The van der Waals surface area contributed by atoms with Crippen molar-refractivity contribution in [3.8, 4) is 0 Å². The van der Waals surface area contributed by atoms with Gasteiger partial charge in [-0.25, -0.2) is 4.79 Å². The molecule has 19 heavy (non-hydrogen) atoms. The molecular weight excluding hydrogens is 242 g/mol. The van der Waals surface area contributed by atoms with Gasteiger partial charge in [0.25, 0.3) is 5.91 Å². The largest absolute Gasteiger partial charge is 0.480 e. The van der Waals surface area contributed by atoms with Gasteiger partial charge < -0.3 is 10.4 Å². The zero-order valence-electron chi connectivity index (χ0n) is 10.8. The van der Waals surface area contributed by atoms with Crippen molar-refractivity contribution in [3.05, 3.63) is 35.9 Å². The summed E-state index contributed by atoms with van der Waals surface area (Å²) in [6.07, 6.45) is 5.03. The maximum absolute atomic E-state index is 12.0. The van der Waals surface area contributed by atoms with Crippen molar-refractivity contribution < 1.29 is 14.7 Å². The minimum Gasteiger partial charge on any atom is -0.480 e. The van der Waals surface area contributed by atoms with Crippen molar-refractivity contribution >= 4 is 11.9 Å². The average molecular weight is 261 g/mol. The molecule has 1 amide bonds. The van der Waals surface area contributed by atoms with Crippen LogP contribution in [0.1, 0.15) is 42.5 Å². The van der Waals surface area contributed by atoms with E-state index in [0.717, 1.165) is 32.1 Å². The van der Waals surface area contributed by atoms with Gasteiger partial charge >= 0.3 is 5.97 Å². The van der Waals surface area contributed by atoms with Gasteiger partial charge in [0.15, 0.2) is 0 Å². The number of benzene rings is 1. The van der Waals surface area contributed by atoms with Gasteiger partial charge in [-0.3, -0.25) is 4.79 Å². The summed E-state index contributed by atoms with van der Waals surface area (Å²) in [7, 11) is 0. The molecule has 0 saturated heterocycles. The van der Waals surface area contributed by atoms with Crippen LogP contribution >= 0.6 is 0 Å². The fourth-order valence-electron chi connectivity index (χ4n) is 2.66. The molecule has 1 aliphatic carbocycles. The Balaban J connectivity index is 2.04. The van der Waals surface area contributed by atoms with E-state index in [1.54, 1.807) is 24.3 Å². The van der Waals surface area contributed by atoms with Gasteiger partial charge in [0.05, 0.1) is 0 Å². The van der Waals surface area contributed by atoms with Gasteiger partial charge in [0, 0.05) is 5.56 Å². The van der Waals surface area contributed by atoms with Gasteiger partial charge in [0.1, 0.15) is 6.04 Å². The van der Waals surface area contributed by atoms with Gasteiger partial charge in [-0.05, 0) is 30.9 Å². The molecule has 4 nitrogen and oxygen atoms in total. The lowest BCUT2D eigenvalue weighted by atomic mass is 9.84. The van der Waals surface area contributed by atoms with Crippen LogP contribution in [0.25, 0.3) is 0 Å². The summed E-state index contributed by atoms with van der Waals surface area (Å²) in [5.41, 5.74) is 0.504. The molecule has 0 spiro atoms. The molecule has 1 aromatic carbocycles. The molecule has 1 aliphatic rings. The van der Waals surface area contributed by atoms with Crippen LogP contribution in [0.5, 0.6) is 0 Å². The van der Waals surface area contributed by atoms with E-state index in [1.165, 1.54) is 0 Å². The van der Waals surface area contributed by atoms with Crippen molar-refractivity contribution in [1.29, 1.82) is 0 Å². The highest BCUT2D eigenvalue weighted by molar-refractivity contribution is 5.96. The second kappa shape index (κ2) is 6.36. The molecule has 0 radical (unpaired) electrons. The summed E-state index contributed by atoms with van der Waals surface area (Å²) in [5, 5.41) is 12.0. The molecule has 102 valence electrons. The van der Waals surface area contributed by atoms with Gasteiger partial charge in [0.2, 0.25) is 0 Å². The number of amides is 1. The first-order chi connectivity index (χ1) is 9.18. The van der Waals surface area contributed by atoms with E-state index in [-0.39, 0.29) is 11.8 Å². The van der Waals surface area contributed by atoms with Crippen molar-refractivity contribution in [2.45, 2.75) is 38.1 Å². The summed E-state index contributed by atoms with van der Waals surface area (Å²) in [5.74, 6) is -1.19. The van der Waals surface area contributed by atoms with E-state index in [2.05, 4.69) is 5.32 Å². The topological polar surface area (TPSA) is 66.4 Å². The quantitative estimate of drug-likeness (QED) is 0.874. The Hall–Kier alpha value is -1.84. The fraction of sp³-hybridized carbons (Fsp3) is 0.467. The van der Waals surface area contributed by atoms with Gasteiger partial charge in [-0.15, -0.1) is 0 Å². The molecule has 4 heteroatoms. The highest BCUT2D eigenvalue weighted by atomic mass is 16.4. The van der Waals surface area contributed by atoms with E-state index >= 15 is 0 Å². The molecule has 0 aromatic heterocycles. The smallest absolute Gasteiger partial charge is 0.326 e. The Morgan fingerprint density at radius 3 is 2.32 bits per heavy atom. The lowest BCUT2D eigenvalue weighted by Gasteiger charge is -2.28. The highest BCUT2D eigenvalue weighted by Crippen LogP contribution is 2.26. The van der Waals surface area contributed by atoms with Gasteiger partial charge in [-0.2, -0.15) is 0 Å². The van der Waals surface area contributed by atoms with Crippen LogP contribution in [0.15, 0.2) is 30.3 Å². The highest BCUT2D eigenvalue weighted by Gasteiger charge is 2.30. The molecule has 0 heterocycles. The first-order valence-corrected chi connectivity index (χ1v) is 6.77. The first kappa shape index (κ1) is 13.6. The lowest BCUT2D eigenvalue weighted by molar-refractivity contribution is -0.141. The first-order valence-electron chi connectivity index (χ1n) is 6.77. The molecule has 0 bridgehead atoms. The van der Waals surface area contributed by atoms with Crippen molar-refractivity contribution in [2.75, 3.05) is 0 Å². The molecule has 2 rings (SSSR count). The lowest BCUT2D eigenvalue weighted by Crippen LogP contribution is -2.46. The fourth-order valence-corrected chi connectivity index (χ4v) is 2.66. The number of nitrogens with one attached hydrogen (secondary N) is 1. The van der Waals surface area contributed by atoms with Gasteiger partial charge in [-0.1, -0.05) is 37.5 Å². The van der Waals surface area contributed by atoms with Crippen molar-refractivity contribution in [3.63, 3.8) is 0 Å². The summed E-state index contributed by atoms with van der Waals surface area (Å²) < 4.78 is 0. The minimum absolute atomic E-state index is 0.0545. The zero-order chi connectivity index (χ0) is 13.7. The van der Waals surface area contributed by atoms with Crippen LogP contribution in [0.4, 0.5) is 0 Å². The second-order valence-electron chi connectivity index (χ2n) is 5.05. The molecule has 1 fully saturated rings. The Labute approximate surface area is 112 Å². The molecule has 1 aromatic rings. The normalized spacial score (nSPS) is 17.7. The van der Waals surface area contributed by atoms with Crippen molar-refractivity contribution in [2.24, 2.45) is 5.92 Å². The zero-order valence-corrected chi connectivity index (χ0v) is 10.8. The van der Waals surface area contributed by atoms with Crippen LogP contribution in [0, 0.1) is 5.92 Å². The standard InChI is InChI=1S/C15H19NO3/c17-14(12-9-5-2-6-10-12)16-13(15(18)19)11-7-3-1-4-8-11/h2,5-6,9-11,13H,1,3-4,7-8H2,(H,16,17)(H,18,19). The van der Waals surface area contributed by atoms with Crippen LogP contribution in [-0.4, -0.2) is 23.0 Å². The van der Waals surface area contributed by atoms with E-state index < -0.39 is 12.0 Å². The van der Waals surface area contributed by atoms with Crippen LogP contribution < -0.4 is 5.32 Å². The third kappa shape index (κ3) is 3.56. The number of aliphatic carboxylic acids is 1. The van der Waals surface area contributed by atoms with E-state index in [0.29, 0.717) is 5.56 Å². The predicted octanol–water partition coefficient (Wildman–Crippen LogP) is 2.45. The van der Waals surface area contributed by atoms with Crippen molar-refractivity contribution in [1.82, 2.24) is 5.32 Å². The number of hydrogen-bond donors (Lipinski definition) is 2. The molecular formula is C15H19NO3. The number of carbonyl (C=O) groups is 2. The Kier molecular flexibility index (Phi) is 4.55. The SMILES string of the molecule is O=C(NC(C(=O)O)C1CCCCC1)c1ccccc1. The second-order valence-corrected chi connectivity index (χ2v) is 5.05. The summed E-state index contributed by atoms with van der Waals surface area (Å²) >= 11 is 0. The maximum atomic E-state index is 12.0. The maximum Gasteiger partial charge on any atom is 0.326 e. The molecule has 1 atom stereocenters. The van der Waals surface area contributed by atoms with Crippen LogP contribution in [0.2, 0.25) is 0 Å². The number of hydrogen-bond acceptors (Lipinski definition) is 2. The molecule has 1 unspecified atom stereocenters. The number of carbonyl (C=O) groups excluding carboxylic acids is 1. The van der Waals surface area contributed by atoms with Crippen LogP contribution in [0.3, 0.4) is 0 Å². The van der Waals surface area contributed by atoms with Crippen LogP contribution in [-0.2, 0) is 4.79 Å². The minimum atomic E-state index is -0.934. The molecule has 1 saturated carbocycles.